The summed E-state index contributed by atoms with van der Waals surface area (Å²) in [4.78, 5) is 10.6. The standard InChI is InChI=1S/C13H17ClN2O3/c1-19-7-6-13(4-5-13)9-15-11-8-10(14)2-3-12(11)16(17)18/h2-3,8,15H,4-7,9H2,1H3. The Labute approximate surface area is 117 Å². The zero-order valence-electron chi connectivity index (χ0n) is 10.8. The molecule has 1 aliphatic rings. The number of anilines is 1. The van der Waals surface area contributed by atoms with Gasteiger partial charge in [-0.15, -0.1) is 0 Å². The number of methoxy groups -OCH3 is 1. The normalized spacial score (nSPS) is 16.1. The molecule has 0 aliphatic heterocycles. The molecule has 1 aliphatic carbocycles. The van der Waals surface area contributed by atoms with Crippen LogP contribution in [0.15, 0.2) is 18.2 Å². The fraction of sp³-hybridized carbons (Fsp3) is 0.538. The zero-order valence-corrected chi connectivity index (χ0v) is 11.6. The van der Waals surface area contributed by atoms with Gasteiger partial charge < -0.3 is 10.1 Å². The lowest BCUT2D eigenvalue weighted by Gasteiger charge is -2.16. The van der Waals surface area contributed by atoms with Crippen LogP contribution in [0.2, 0.25) is 5.02 Å². The highest BCUT2D eigenvalue weighted by Gasteiger charge is 2.42. The van der Waals surface area contributed by atoms with E-state index in [2.05, 4.69) is 5.32 Å². The fourth-order valence-electron chi connectivity index (χ4n) is 2.10. The number of nitrogens with one attached hydrogen (secondary N) is 1. The SMILES string of the molecule is COCCC1(CNc2cc(Cl)ccc2[N+](=O)[O-])CC1. The first-order chi connectivity index (χ1) is 9.06. The van der Waals surface area contributed by atoms with Gasteiger partial charge in [0.1, 0.15) is 5.69 Å². The van der Waals surface area contributed by atoms with E-state index in [1.54, 1.807) is 13.2 Å². The number of ether oxygens (including phenoxy) is 1. The van der Waals surface area contributed by atoms with Gasteiger partial charge >= 0.3 is 0 Å². The third-order valence-corrected chi connectivity index (χ3v) is 3.84. The van der Waals surface area contributed by atoms with Crippen molar-refractivity contribution < 1.29 is 9.66 Å². The van der Waals surface area contributed by atoms with Crippen LogP contribution in [0.25, 0.3) is 0 Å². The topological polar surface area (TPSA) is 64.4 Å². The number of benzene rings is 1. The smallest absolute Gasteiger partial charge is 0.292 e. The molecule has 0 bridgehead atoms. The van der Waals surface area contributed by atoms with Gasteiger partial charge in [0.2, 0.25) is 0 Å². The molecule has 0 spiro atoms. The van der Waals surface area contributed by atoms with Crippen molar-refractivity contribution in [3.05, 3.63) is 33.3 Å². The summed E-state index contributed by atoms with van der Waals surface area (Å²) in [7, 11) is 1.69. The van der Waals surface area contributed by atoms with E-state index in [1.807, 2.05) is 0 Å². The molecule has 0 amide bonds. The molecule has 19 heavy (non-hydrogen) atoms. The molecule has 1 aromatic carbocycles. The maximum Gasteiger partial charge on any atom is 0.292 e. The molecule has 0 aromatic heterocycles. The van der Waals surface area contributed by atoms with Crippen LogP contribution in [-0.4, -0.2) is 25.2 Å². The van der Waals surface area contributed by atoms with E-state index in [4.69, 9.17) is 16.3 Å². The maximum atomic E-state index is 10.9. The summed E-state index contributed by atoms with van der Waals surface area (Å²) in [5.41, 5.74) is 0.778. The number of halogens is 1. The minimum atomic E-state index is -0.395. The van der Waals surface area contributed by atoms with E-state index in [-0.39, 0.29) is 11.1 Å². The molecule has 1 aromatic rings. The lowest BCUT2D eigenvalue weighted by molar-refractivity contribution is -0.384. The minimum absolute atomic E-state index is 0.0620. The van der Waals surface area contributed by atoms with E-state index in [0.29, 0.717) is 10.7 Å². The molecule has 5 nitrogen and oxygen atoms in total. The van der Waals surface area contributed by atoms with Crippen LogP contribution in [0.3, 0.4) is 0 Å². The second kappa shape index (κ2) is 5.75. The minimum Gasteiger partial charge on any atom is -0.385 e. The van der Waals surface area contributed by atoms with Crippen LogP contribution in [-0.2, 0) is 4.74 Å². The molecular formula is C13H17ClN2O3. The van der Waals surface area contributed by atoms with Crippen LogP contribution in [0.1, 0.15) is 19.3 Å². The molecule has 0 radical (unpaired) electrons. The van der Waals surface area contributed by atoms with Gasteiger partial charge in [-0.1, -0.05) is 11.6 Å². The summed E-state index contributed by atoms with van der Waals surface area (Å²) in [6.45, 7) is 1.44. The first-order valence-electron chi connectivity index (χ1n) is 6.23. The Bertz CT molecular complexity index is 475. The summed E-state index contributed by atoms with van der Waals surface area (Å²) in [6.07, 6.45) is 3.25. The zero-order chi connectivity index (χ0) is 13.9. The molecule has 1 saturated carbocycles. The van der Waals surface area contributed by atoms with Gasteiger partial charge in [0.15, 0.2) is 0 Å². The van der Waals surface area contributed by atoms with Gasteiger partial charge in [0.25, 0.3) is 5.69 Å². The lowest BCUT2D eigenvalue weighted by atomic mass is 10.0. The largest absolute Gasteiger partial charge is 0.385 e. The molecule has 6 heteroatoms. The average Bonchev–Trinajstić information content (AvgIpc) is 3.14. The highest BCUT2D eigenvalue weighted by molar-refractivity contribution is 6.31. The van der Waals surface area contributed by atoms with Gasteiger partial charge in [0, 0.05) is 31.4 Å². The van der Waals surface area contributed by atoms with Gasteiger partial charge in [-0.25, -0.2) is 0 Å². The highest BCUT2D eigenvalue weighted by atomic mass is 35.5. The summed E-state index contributed by atoms with van der Waals surface area (Å²) >= 11 is 5.89. The third-order valence-electron chi connectivity index (χ3n) is 3.60. The first kappa shape index (κ1) is 14.1. The third kappa shape index (κ3) is 3.58. The average molecular weight is 285 g/mol. The molecule has 0 heterocycles. The van der Waals surface area contributed by atoms with Crippen LogP contribution in [0.5, 0.6) is 0 Å². The quantitative estimate of drug-likeness (QED) is 0.615. The van der Waals surface area contributed by atoms with E-state index < -0.39 is 4.92 Å². The highest BCUT2D eigenvalue weighted by Crippen LogP contribution is 2.49. The van der Waals surface area contributed by atoms with Crippen LogP contribution >= 0.6 is 11.6 Å². The second-order valence-corrected chi connectivity index (χ2v) is 5.45. The Morgan fingerprint density at radius 1 is 1.53 bits per heavy atom. The Morgan fingerprint density at radius 3 is 2.84 bits per heavy atom. The second-order valence-electron chi connectivity index (χ2n) is 5.01. The Morgan fingerprint density at radius 2 is 2.26 bits per heavy atom. The number of hydrogen-bond acceptors (Lipinski definition) is 4. The van der Waals surface area contributed by atoms with Crippen LogP contribution in [0, 0.1) is 15.5 Å². The van der Waals surface area contributed by atoms with Crippen molar-refractivity contribution in [2.24, 2.45) is 5.41 Å². The van der Waals surface area contributed by atoms with Crippen molar-refractivity contribution in [3.63, 3.8) is 0 Å². The van der Waals surface area contributed by atoms with Gasteiger partial charge in [0.05, 0.1) is 4.92 Å². The Kier molecular flexibility index (Phi) is 4.27. The van der Waals surface area contributed by atoms with Crippen molar-refractivity contribution >= 4 is 23.0 Å². The van der Waals surface area contributed by atoms with E-state index >= 15 is 0 Å². The predicted octanol–water partition coefficient (Wildman–Crippen LogP) is 3.48. The summed E-state index contributed by atoms with van der Waals surface area (Å²) < 4.78 is 5.09. The van der Waals surface area contributed by atoms with Crippen molar-refractivity contribution in [2.45, 2.75) is 19.3 Å². The predicted molar refractivity (Wildman–Crippen MR) is 74.8 cm³/mol. The van der Waals surface area contributed by atoms with Gasteiger partial charge in [-0.05, 0) is 36.8 Å². The van der Waals surface area contributed by atoms with Gasteiger partial charge in [-0.3, -0.25) is 10.1 Å². The molecule has 104 valence electrons. The maximum absolute atomic E-state index is 10.9. The molecule has 0 atom stereocenters. The van der Waals surface area contributed by atoms with E-state index in [1.165, 1.54) is 12.1 Å². The molecule has 0 unspecified atom stereocenters. The molecule has 1 fully saturated rings. The Balaban J connectivity index is 2.03. The van der Waals surface area contributed by atoms with Crippen LogP contribution in [0.4, 0.5) is 11.4 Å². The first-order valence-corrected chi connectivity index (χ1v) is 6.61. The van der Waals surface area contributed by atoms with Crippen molar-refractivity contribution in [2.75, 3.05) is 25.6 Å². The van der Waals surface area contributed by atoms with Crippen molar-refractivity contribution in [1.29, 1.82) is 0 Å². The van der Waals surface area contributed by atoms with E-state index in [9.17, 15) is 10.1 Å². The number of nitro benzene ring substituents is 1. The number of rotatable bonds is 7. The number of nitrogens with zero attached hydrogens (tertiary/aromatic N) is 1. The summed E-state index contributed by atoms with van der Waals surface area (Å²) in [5.74, 6) is 0. The fourth-order valence-corrected chi connectivity index (χ4v) is 2.27. The van der Waals surface area contributed by atoms with Crippen molar-refractivity contribution in [1.82, 2.24) is 0 Å². The number of hydrogen-bond donors (Lipinski definition) is 1. The summed E-state index contributed by atoms with van der Waals surface area (Å²) in [5, 5.41) is 14.6. The van der Waals surface area contributed by atoms with Crippen LogP contribution < -0.4 is 5.32 Å². The Hall–Kier alpha value is -1.33. The monoisotopic (exact) mass is 284 g/mol. The molecular weight excluding hydrogens is 268 g/mol. The summed E-state index contributed by atoms with van der Waals surface area (Å²) in [6, 6.07) is 4.56. The molecule has 1 N–H and O–H groups in total. The molecule has 0 saturated heterocycles. The van der Waals surface area contributed by atoms with Gasteiger partial charge in [-0.2, -0.15) is 0 Å². The van der Waals surface area contributed by atoms with E-state index in [0.717, 1.165) is 32.4 Å². The number of nitro groups is 1. The lowest BCUT2D eigenvalue weighted by Crippen LogP contribution is -2.17. The molecule has 2 rings (SSSR count). The van der Waals surface area contributed by atoms with Crippen molar-refractivity contribution in [3.8, 4) is 0 Å².